The minimum Gasteiger partial charge on any atom is -0.369 e. The minimum absolute atomic E-state index is 0.110. The van der Waals surface area contributed by atoms with Gasteiger partial charge < -0.3 is 9.64 Å². The Morgan fingerprint density at radius 2 is 1.68 bits per heavy atom. The summed E-state index contributed by atoms with van der Waals surface area (Å²) in [5.74, 6) is -0.280. The van der Waals surface area contributed by atoms with Gasteiger partial charge in [0.25, 0.3) is 5.91 Å². The molecule has 0 aromatic heterocycles. The van der Waals surface area contributed by atoms with E-state index in [1.165, 1.54) is 7.11 Å². The summed E-state index contributed by atoms with van der Waals surface area (Å²) in [6.45, 7) is 2.05. The zero-order valence-electron chi connectivity index (χ0n) is 14.3. The van der Waals surface area contributed by atoms with Gasteiger partial charge in [0.2, 0.25) is 0 Å². The quantitative estimate of drug-likeness (QED) is 0.743. The van der Waals surface area contributed by atoms with Crippen LogP contribution in [0, 0.1) is 6.92 Å². The molecule has 1 aliphatic heterocycles. The first kappa shape index (κ1) is 17.6. The van der Waals surface area contributed by atoms with Gasteiger partial charge in [0, 0.05) is 13.7 Å². The highest BCUT2D eigenvalue weighted by Crippen LogP contribution is 2.36. The van der Waals surface area contributed by atoms with Gasteiger partial charge in [-0.3, -0.25) is 4.79 Å². The second-order valence-electron chi connectivity index (χ2n) is 6.18. The van der Waals surface area contributed by atoms with Crippen molar-refractivity contribution < 1.29 is 17.9 Å². The average Bonchev–Trinajstić information content (AvgIpc) is 2.61. The number of rotatable bonds is 6. The van der Waals surface area contributed by atoms with E-state index in [1.54, 1.807) is 29.2 Å². The zero-order valence-corrected chi connectivity index (χ0v) is 15.1. The summed E-state index contributed by atoms with van der Waals surface area (Å²) in [7, 11) is -1.94. The lowest BCUT2D eigenvalue weighted by atomic mass is 9.91. The molecule has 6 heteroatoms. The number of aryl methyl sites for hydroxylation is 1. The van der Waals surface area contributed by atoms with Crippen LogP contribution in [0.5, 0.6) is 0 Å². The molecule has 0 radical (unpaired) electrons. The number of ether oxygens (including phenoxy) is 1. The van der Waals surface area contributed by atoms with Crippen molar-refractivity contribution >= 4 is 15.7 Å². The van der Waals surface area contributed by atoms with E-state index < -0.39 is 15.9 Å². The average molecular weight is 359 g/mol. The van der Waals surface area contributed by atoms with Gasteiger partial charge in [0.05, 0.1) is 16.7 Å². The summed E-state index contributed by atoms with van der Waals surface area (Å²) in [6.07, 6.45) is -0.551. The molecule has 0 saturated carbocycles. The summed E-state index contributed by atoms with van der Waals surface area (Å²) in [5, 5.41) is 0. The molecule has 1 fully saturated rings. The second kappa shape index (κ2) is 6.98. The van der Waals surface area contributed by atoms with Gasteiger partial charge in [-0.15, -0.1) is 0 Å². The minimum atomic E-state index is -3.44. The maximum atomic E-state index is 12.5. The fraction of sp³-hybridized carbons (Fsp3) is 0.316. The molecule has 132 valence electrons. The first-order valence-electron chi connectivity index (χ1n) is 8.11. The van der Waals surface area contributed by atoms with Crippen molar-refractivity contribution in [2.45, 2.75) is 24.0 Å². The molecule has 2 atom stereocenters. The SMILES string of the molecule is CO[C@@H]1C(=O)N(CCS(=O)(=O)c2ccc(C)cc2)[C@@H]1c1ccccc1. The van der Waals surface area contributed by atoms with Crippen LogP contribution in [-0.2, 0) is 19.4 Å². The summed E-state index contributed by atoms with van der Waals surface area (Å²) in [4.78, 5) is 14.1. The van der Waals surface area contributed by atoms with Crippen LogP contribution in [0.3, 0.4) is 0 Å². The molecule has 25 heavy (non-hydrogen) atoms. The second-order valence-corrected chi connectivity index (χ2v) is 8.28. The molecule has 1 heterocycles. The number of hydrogen-bond donors (Lipinski definition) is 0. The predicted octanol–water partition coefficient (Wildman–Crippen LogP) is 2.37. The van der Waals surface area contributed by atoms with E-state index in [0.29, 0.717) is 0 Å². The molecule has 2 aromatic rings. The first-order valence-corrected chi connectivity index (χ1v) is 9.77. The first-order chi connectivity index (χ1) is 11.9. The number of amides is 1. The Morgan fingerprint density at radius 1 is 1.04 bits per heavy atom. The Bertz CT molecular complexity index is 847. The van der Waals surface area contributed by atoms with Crippen LogP contribution in [0.4, 0.5) is 0 Å². The largest absolute Gasteiger partial charge is 0.369 e. The fourth-order valence-corrected chi connectivity index (χ4v) is 4.31. The molecule has 0 aliphatic carbocycles. The molecule has 3 rings (SSSR count). The Morgan fingerprint density at radius 3 is 2.28 bits per heavy atom. The third-order valence-electron chi connectivity index (χ3n) is 4.53. The van der Waals surface area contributed by atoms with E-state index in [4.69, 9.17) is 4.74 Å². The van der Waals surface area contributed by atoms with Gasteiger partial charge in [0.15, 0.2) is 15.9 Å². The summed E-state index contributed by atoms with van der Waals surface area (Å²) in [5.41, 5.74) is 1.95. The Hall–Kier alpha value is -2.18. The molecular weight excluding hydrogens is 338 g/mol. The number of methoxy groups -OCH3 is 1. The lowest BCUT2D eigenvalue weighted by Gasteiger charge is -2.46. The van der Waals surface area contributed by atoms with Gasteiger partial charge in [-0.2, -0.15) is 0 Å². The predicted molar refractivity (Wildman–Crippen MR) is 94.9 cm³/mol. The van der Waals surface area contributed by atoms with Crippen LogP contribution >= 0.6 is 0 Å². The smallest absolute Gasteiger partial charge is 0.254 e. The molecule has 0 N–H and O–H groups in total. The van der Waals surface area contributed by atoms with Gasteiger partial charge in [0.1, 0.15) is 0 Å². The monoisotopic (exact) mass is 359 g/mol. The third kappa shape index (κ3) is 3.45. The summed E-state index contributed by atoms with van der Waals surface area (Å²) < 4.78 is 30.3. The fourth-order valence-electron chi connectivity index (χ4n) is 3.08. The molecule has 0 bridgehead atoms. The van der Waals surface area contributed by atoms with Crippen molar-refractivity contribution in [2.24, 2.45) is 0 Å². The van der Waals surface area contributed by atoms with Crippen LogP contribution in [0.1, 0.15) is 17.2 Å². The molecule has 0 unspecified atom stereocenters. The molecule has 0 spiro atoms. The summed E-state index contributed by atoms with van der Waals surface area (Å²) in [6, 6.07) is 16.0. The number of β-lactam (4-membered cyclic amide) rings is 1. The number of likely N-dealkylation sites (tertiary alicyclic amines) is 1. The summed E-state index contributed by atoms with van der Waals surface area (Å²) >= 11 is 0. The maximum absolute atomic E-state index is 12.5. The number of benzene rings is 2. The van der Waals surface area contributed by atoms with Crippen molar-refractivity contribution in [1.29, 1.82) is 0 Å². The van der Waals surface area contributed by atoms with Crippen LogP contribution in [0.15, 0.2) is 59.5 Å². The van der Waals surface area contributed by atoms with Gasteiger partial charge in [-0.1, -0.05) is 48.0 Å². The molecule has 1 amide bonds. The lowest BCUT2D eigenvalue weighted by molar-refractivity contribution is -0.170. The maximum Gasteiger partial charge on any atom is 0.254 e. The van der Waals surface area contributed by atoms with Crippen LogP contribution in [-0.4, -0.2) is 44.7 Å². The van der Waals surface area contributed by atoms with Crippen molar-refractivity contribution in [3.8, 4) is 0 Å². The lowest BCUT2D eigenvalue weighted by Crippen LogP contribution is -2.60. The zero-order chi connectivity index (χ0) is 18.0. The van der Waals surface area contributed by atoms with Crippen molar-refractivity contribution in [3.05, 3.63) is 65.7 Å². The number of carbonyl (C=O) groups excluding carboxylic acids is 1. The molecule has 5 nitrogen and oxygen atoms in total. The Balaban J connectivity index is 1.75. The van der Waals surface area contributed by atoms with Crippen LogP contribution in [0.2, 0.25) is 0 Å². The Labute approximate surface area is 148 Å². The highest BCUT2D eigenvalue weighted by molar-refractivity contribution is 7.91. The van der Waals surface area contributed by atoms with Gasteiger partial charge >= 0.3 is 0 Å². The topological polar surface area (TPSA) is 63.7 Å². The molecule has 1 aliphatic rings. The van der Waals surface area contributed by atoms with E-state index in [1.807, 2.05) is 37.3 Å². The molecule has 2 aromatic carbocycles. The van der Waals surface area contributed by atoms with E-state index in [9.17, 15) is 13.2 Å². The van der Waals surface area contributed by atoms with E-state index in [-0.39, 0.29) is 29.1 Å². The van der Waals surface area contributed by atoms with Gasteiger partial charge in [-0.05, 0) is 24.6 Å². The number of sulfone groups is 1. The highest BCUT2D eigenvalue weighted by atomic mass is 32.2. The molecule has 1 saturated heterocycles. The van der Waals surface area contributed by atoms with E-state index in [0.717, 1.165) is 11.1 Å². The van der Waals surface area contributed by atoms with Crippen LogP contribution in [0.25, 0.3) is 0 Å². The Kier molecular flexibility index (Phi) is 4.92. The number of nitrogens with zero attached hydrogens (tertiary/aromatic N) is 1. The normalized spacial score (nSPS) is 20.4. The number of carbonyl (C=O) groups is 1. The van der Waals surface area contributed by atoms with Crippen molar-refractivity contribution in [3.63, 3.8) is 0 Å². The van der Waals surface area contributed by atoms with Crippen molar-refractivity contribution in [2.75, 3.05) is 19.4 Å². The highest BCUT2D eigenvalue weighted by Gasteiger charge is 2.48. The third-order valence-corrected chi connectivity index (χ3v) is 6.24. The van der Waals surface area contributed by atoms with Crippen molar-refractivity contribution in [1.82, 2.24) is 4.90 Å². The van der Waals surface area contributed by atoms with E-state index in [2.05, 4.69) is 0 Å². The standard InChI is InChI=1S/C19H21NO4S/c1-14-8-10-16(11-9-14)25(22,23)13-12-20-17(18(24-2)19(20)21)15-6-4-3-5-7-15/h3-11,17-18H,12-13H2,1-2H3/t17-,18+/m1/s1. The van der Waals surface area contributed by atoms with Crippen LogP contribution < -0.4 is 0 Å². The number of hydrogen-bond acceptors (Lipinski definition) is 4. The van der Waals surface area contributed by atoms with E-state index >= 15 is 0 Å². The molecular formula is C19H21NO4S. The van der Waals surface area contributed by atoms with Gasteiger partial charge in [-0.25, -0.2) is 8.42 Å².